The molecule has 0 fully saturated rings. The molecule has 0 spiro atoms. The van der Waals surface area contributed by atoms with Gasteiger partial charge in [0.05, 0.1) is 14.2 Å². The SMILES string of the molecule is COC(=O)c1cc2cc(OC)ccc2c(=O)[nH]1. The molecular weight excluding hydrogens is 222 g/mol. The lowest BCUT2D eigenvalue weighted by Gasteiger charge is -2.04. The van der Waals surface area contributed by atoms with Crippen LogP contribution >= 0.6 is 0 Å². The standard InChI is InChI=1S/C12H11NO4/c1-16-8-3-4-9-7(5-8)6-10(12(15)17-2)13-11(9)14/h3-6H,1-2H3,(H,13,14). The van der Waals surface area contributed by atoms with Crippen LogP contribution in [0, 0.1) is 0 Å². The van der Waals surface area contributed by atoms with Gasteiger partial charge in [0.15, 0.2) is 0 Å². The molecular formula is C12H11NO4. The molecule has 1 aromatic carbocycles. The van der Waals surface area contributed by atoms with Crippen LogP contribution in [0.2, 0.25) is 0 Å². The predicted molar refractivity (Wildman–Crippen MR) is 62.5 cm³/mol. The van der Waals surface area contributed by atoms with Crippen molar-refractivity contribution in [3.05, 3.63) is 40.3 Å². The van der Waals surface area contributed by atoms with Crippen LogP contribution in [-0.4, -0.2) is 25.2 Å². The van der Waals surface area contributed by atoms with Crippen molar-refractivity contribution in [2.24, 2.45) is 0 Å². The Kier molecular flexibility index (Phi) is 2.82. The Morgan fingerprint density at radius 1 is 1.24 bits per heavy atom. The highest BCUT2D eigenvalue weighted by molar-refractivity contribution is 5.93. The summed E-state index contributed by atoms with van der Waals surface area (Å²) < 4.78 is 9.62. The molecule has 1 N–H and O–H groups in total. The van der Waals surface area contributed by atoms with Gasteiger partial charge in [0.25, 0.3) is 5.56 Å². The van der Waals surface area contributed by atoms with Crippen molar-refractivity contribution < 1.29 is 14.3 Å². The molecule has 0 aliphatic carbocycles. The summed E-state index contributed by atoms with van der Waals surface area (Å²) >= 11 is 0. The van der Waals surface area contributed by atoms with Gasteiger partial charge in [0.2, 0.25) is 0 Å². The first kappa shape index (κ1) is 11.2. The zero-order valence-corrected chi connectivity index (χ0v) is 9.44. The van der Waals surface area contributed by atoms with Gasteiger partial charge in [-0.3, -0.25) is 4.79 Å². The van der Waals surface area contributed by atoms with Crippen LogP contribution in [0.4, 0.5) is 0 Å². The molecule has 0 saturated carbocycles. The topological polar surface area (TPSA) is 68.4 Å². The first-order chi connectivity index (χ1) is 8.15. The average molecular weight is 233 g/mol. The van der Waals surface area contributed by atoms with E-state index in [4.69, 9.17) is 4.74 Å². The van der Waals surface area contributed by atoms with Crippen LogP contribution in [0.25, 0.3) is 10.8 Å². The molecule has 0 saturated heterocycles. The normalized spacial score (nSPS) is 10.2. The maximum absolute atomic E-state index is 11.7. The second kappa shape index (κ2) is 4.29. The number of carbonyl (C=O) groups is 1. The van der Waals surface area contributed by atoms with Crippen molar-refractivity contribution in [1.82, 2.24) is 4.98 Å². The van der Waals surface area contributed by atoms with Gasteiger partial charge in [0.1, 0.15) is 11.4 Å². The predicted octanol–water partition coefficient (Wildman–Crippen LogP) is 1.32. The van der Waals surface area contributed by atoms with E-state index in [2.05, 4.69) is 9.72 Å². The van der Waals surface area contributed by atoms with E-state index in [1.54, 1.807) is 24.3 Å². The van der Waals surface area contributed by atoms with E-state index in [0.717, 1.165) is 0 Å². The minimum atomic E-state index is -0.577. The van der Waals surface area contributed by atoms with E-state index in [1.807, 2.05) is 0 Å². The Balaban J connectivity index is 2.70. The molecule has 2 aromatic rings. The molecule has 1 aromatic heterocycles. The fraction of sp³-hybridized carbons (Fsp3) is 0.167. The summed E-state index contributed by atoms with van der Waals surface area (Å²) in [5, 5.41) is 1.13. The number of carbonyl (C=O) groups excluding carboxylic acids is 1. The Morgan fingerprint density at radius 3 is 2.65 bits per heavy atom. The van der Waals surface area contributed by atoms with Gasteiger partial charge in [-0.05, 0) is 29.7 Å². The van der Waals surface area contributed by atoms with Crippen molar-refractivity contribution in [2.75, 3.05) is 14.2 Å². The lowest BCUT2D eigenvalue weighted by molar-refractivity contribution is 0.0594. The zero-order chi connectivity index (χ0) is 12.4. The Bertz CT molecular complexity index is 630. The molecule has 17 heavy (non-hydrogen) atoms. The van der Waals surface area contributed by atoms with Crippen molar-refractivity contribution >= 4 is 16.7 Å². The maximum atomic E-state index is 11.7. The first-order valence-electron chi connectivity index (χ1n) is 4.95. The molecule has 0 amide bonds. The second-order valence-corrected chi connectivity index (χ2v) is 3.46. The summed E-state index contributed by atoms with van der Waals surface area (Å²) in [7, 11) is 2.80. The molecule has 1 heterocycles. The fourth-order valence-electron chi connectivity index (χ4n) is 1.60. The monoisotopic (exact) mass is 233 g/mol. The summed E-state index contributed by atoms with van der Waals surface area (Å²) in [4.78, 5) is 25.5. The number of rotatable bonds is 2. The van der Waals surface area contributed by atoms with Crippen LogP contribution in [0.15, 0.2) is 29.1 Å². The summed E-state index contributed by atoms with van der Waals surface area (Å²) in [5.41, 5.74) is -0.205. The molecule has 2 rings (SSSR count). The lowest BCUT2D eigenvalue weighted by Crippen LogP contribution is -2.14. The molecule has 0 atom stereocenters. The highest BCUT2D eigenvalue weighted by atomic mass is 16.5. The smallest absolute Gasteiger partial charge is 0.354 e. The average Bonchev–Trinajstić information content (AvgIpc) is 2.36. The number of benzene rings is 1. The summed E-state index contributed by atoms with van der Waals surface area (Å²) in [6.07, 6.45) is 0. The summed E-state index contributed by atoms with van der Waals surface area (Å²) in [6.45, 7) is 0. The number of aromatic amines is 1. The quantitative estimate of drug-likeness (QED) is 0.794. The van der Waals surface area contributed by atoms with Crippen molar-refractivity contribution in [3.63, 3.8) is 0 Å². The highest BCUT2D eigenvalue weighted by Gasteiger charge is 2.09. The molecule has 5 heteroatoms. The molecule has 0 aliphatic rings. The highest BCUT2D eigenvalue weighted by Crippen LogP contribution is 2.18. The van der Waals surface area contributed by atoms with Crippen molar-refractivity contribution in [1.29, 1.82) is 0 Å². The summed E-state index contributed by atoms with van der Waals surface area (Å²) in [5.74, 6) is 0.0470. The van der Waals surface area contributed by atoms with E-state index in [-0.39, 0.29) is 11.3 Å². The number of nitrogens with one attached hydrogen (secondary N) is 1. The largest absolute Gasteiger partial charge is 0.497 e. The summed E-state index contributed by atoms with van der Waals surface area (Å²) in [6, 6.07) is 6.59. The Morgan fingerprint density at radius 2 is 2.00 bits per heavy atom. The van der Waals surface area contributed by atoms with Gasteiger partial charge in [-0.25, -0.2) is 4.79 Å². The number of fused-ring (bicyclic) bond motifs is 1. The molecule has 0 unspecified atom stereocenters. The number of methoxy groups -OCH3 is 2. The van der Waals surface area contributed by atoms with Gasteiger partial charge >= 0.3 is 5.97 Å². The van der Waals surface area contributed by atoms with E-state index in [9.17, 15) is 9.59 Å². The fourth-order valence-corrected chi connectivity index (χ4v) is 1.60. The third kappa shape index (κ3) is 1.99. The third-order valence-electron chi connectivity index (χ3n) is 2.46. The van der Waals surface area contributed by atoms with Crippen LogP contribution < -0.4 is 10.3 Å². The van der Waals surface area contributed by atoms with Gasteiger partial charge < -0.3 is 14.5 Å². The Hall–Kier alpha value is -2.30. The molecule has 0 aliphatic heterocycles. The molecule has 0 bridgehead atoms. The van der Waals surface area contributed by atoms with E-state index >= 15 is 0 Å². The van der Waals surface area contributed by atoms with Crippen LogP contribution in [-0.2, 0) is 4.74 Å². The van der Waals surface area contributed by atoms with Gasteiger partial charge in [-0.2, -0.15) is 0 Å². The van der Waals surface area contributed by atoms with Crippen molar-refractivity contribution in [2.45, 2.75) is 0 Å². The molecule has 5 nitrogen and oxygen atoms in total. The lowest BCUT2D eigenvalue weighted by atomic mass is 10.1. The number of hydrogen-bond donors (Lipinski definition) is 1. The number of aromatic nitrogens is 1. The van der Waals surface area contributed by atoms with Crippen LogP contribution in [0.3, 0.4) is 0 Å². The number of ether oxygens (including phenoxy) is 2. The van der Waals surface area contributed by atoms with E-state index < -0.39 is 5.97 Å². The minimum Gasteiger partial charge on any atom is -0.497 e. The maximum Gasteiger partial charge on any atom is 0.354 e. The van der Waals surface area contributed by atoms with Crippen LogP contribution in [0.5, 0.6) is 5.75 Å². The van der Waals surface area contributed by atoms with Gasteiger partial charge in [-0.1, -0.05) is 0 Å². The minimum absolute atomic E-state index is 0.123. The van der Waals surface area contributed by atoms with E-state index in [0.29, 0.717) is 16.5 Å². The van der Waals surface area contributed by atoms with Crippen LogP contribution in [0.1, 0.15) is 10.5 Å². The van der Waals surface area contributed by atoms with E-state index in [1.165, 1.54) is 14.2 Å². The number of pyridine rings is 1. The van der Waals surface area contributed by atoms with Gasteiger partial charge in [0, 0.05) is 5.39 Å². The number of H-pyrrole nitrogens is 1. The molecule has 88 valence electrons. The zero-order valence-electron chi connectivity index (χ0n) is 9.44. The number of esters is 1. The number of hydrogen-bond acceptors (Lipinski definition) is 4. The first-order valence-corrected chi connectivity index (χ1v) is 4.95. The second-order valence-electron chi connectivity index (χ2n) is 3.46. The molecule has 0 radical (unpaired) electrons. The third-order valence-corrected chi connectivity index (χ3v) is 2.46. The Labute approximate surface area is 97.0 Å². The van der Waals surface area contributed by atoms with Crippen molar-refractivity contribution in [3.8, 4) is 5.75 Å². The van der Waals surface area contributed by atoms with Gasteiger partial charge in [-0.15, -0.1) is 0 Å².